The molecule has 4 nitrogen and oxygen atoms in total. The molecule has 2 atom stereocenters. The Balaban J connectivity index is 1.92. The van der Waals surface area contributed by atoms with Crippen LogP contribution in [0.3, 0.4) is 0 Å². The summed E-state index contributed by atoms with van der Waals surface area (Å²) in [6.07, 6.45) is 2.33. The van der Waals surface area contributed by atoms with Crippen molar-refractivity contribution in [1.82, 2.24) is 15.5 Å². The molecule has 0 spiro atoms. The molecule has 2 heterocycles. The Morgan fingerprint density at radius 1 is 1.53 bits per heavy atom. The SMILES string of the molecule is CC1CCNC(c2nc(CSC(C)C)no2)C1. The molecule has 0 aromatic carbocycles. The average Bonchev–Trinajstić information content (AvgIpc) is 2.75. The van der Waals surface area contributed by atoms with Crippen LogP contribution in [0.2, 0.25) is 0 Å². The van der Waals surface area contributed by atoms with Crippen molar-refractivity contribution in [2.75, 3.05) is 6.54 Å². The minimum absolute atomic E-state index is 0.254. The van der Waals surface area contributed by atoms with Crippen LogP contribution in [0.4, 0.5) is 0 Å². The van der Waals surface area contributed by atoms with Gasteiger partial charge in [0.2, 0.25) is 5.89 Å². The van der Waals surface area contributed by atoms with E-state index in [1.807, 2.05) is 11.8 Å². The Labute approximate surface area is 107 Å². The first-order valence-electron chi connectivity index (χ1n) is 6.32. The molecule has 0 aliphatic carbocycles. The Morgan fingerprint density at radius 2 is 2.35 bits per heavy atom. The highest BCUT2D eigenvalue weighted by molar-refractivity contribution is 7.99. The maximum atomic E-state index is 5.35. The maximum Gasteiger partial charge on any atom is 0.243 e. The summed E-state index contributed by atoms with van der Waals surface area (Å²) >= 11 is 1.84. The second kappa shape index (κ2) is 5.87. The molecule has 0 saturated carbocycles. The largest absolute Gasteiger partial charge is 0.338 e. The first-order chi connectivity index (χ1) is 8.15. The molecule has 0 amide bonds. The van der Waals surface area contributed by atoms with Crippen molar-refractivity contribution >= 4 is 11.8 Å². The van der Waals surface area contributed by atoms with Crippen molar-refractivity contribution in [1.29, 1.82) is 0 Å². The summed E-state index contributed by atoms with van der Waals surface area (Å²) in [4.78, 5) is 4.48. The van der Waals surface area contributed by atoms with Crippen molar-refractivity contribution in [2.45, 2.75) is 50.7 Å². The van der Waals surface area contributed by atoms with Gasteiger partial charge >= 0.3 is 0 Å². The lowest BCUT2D eigenvalue weighted by Crippen LogP contribution is -2.30. The Bertz CT molecular complexity index is 353. The highest BCUT2D eigenvalue weighted by atomic mass is 32.2. The summed E-state index contributed by atoms with van der Waals surface area (Å²) < 4.78 is 5.35. The fourth-order valence-electron chi connectivity index (χ4n) is 2.00. The normalized spacial score (nSPS) is 25.4. The van der Waals surface area contributed by atoms with Crippen LogP contribution in [-0.2, 0) is 5.75 Å². The highest BCUT2D eigenvalue weighted by Gasteiger charge is 2.24. The molecule has 96 valence electrons. The summed E-state index contributed by atoms with van der Waals surface area (Å²) in [6, 6.07) is 0.254. The summed E-state index contributed by atoms with van der Waals surface area (Å²) in [5, 5.41) is 8.08. The average molecular weight is 255 g/mol. The van der Waals surface area contributed by atoms with Gasteiger partial charge in [-0.05, 0) is 30.6 Å². The number of piperidine rings is 1. The molecule has 1 N–H and O–H groups in total. The molecule has 1 aromatic heterocycles. The van der Waals surface area contributed by atoms with Gasteiger partial charge in [-0.25, -0.2) is 0 Å². The second-order valence-corrected chi connectivity index (χ2v) is 6.61. The zero-order chi connectivity index (χ0) is 12.3. The molecule has 1 aromatic rings. The lowest BCUT2D eigenvalue weighted by Gasteiger charge is -2.25. The van der Waals surface area contributed by atoms with E-state index in [-0.39, 0.29) is 6.04 Å². The minimum atomic E-state index is 0.254. The van der Waals surface area contributed by atoms with Gasteiger partial charge in [-0.1, -0.05) is 25.9 Å². The van der Waals surface area contributed by atoms with Crippen LogP contribution in [0.1, 0.15) is 51.4 Å². The summed E-state index contributed by atoms with van der Waals surface area (Å²) in [5.41, 5.74) is 0. The molecular weight excluding hydrogens is 234 g/mol. The van der Waals surface area contributed by atoms with Gasteiger partial charge in [0.25, 0.3) is 0 Å². The van der Waals surface area contributed by atoms with Gasteiger partial charge in [0, 0.05) is 0 Å². The molecular formula is C12H21N3OS. The number of nitrogens with one attached hydrogen (secondary N) is 1. The Hall–Kier alpha value is -0.550. The standard InChI is InChI=1S/C12H21N3OS/c1-8(2)17-7-11-14-12(16-15-11)10-6-9(3)4-5-13-10/h8-10,13H,4-7H2,1-3H3. The van der Waals surface area contributed by atoms with Gasteiger partial charge < -0.3 is 9.84 Å². The van der Waals surface area contributed by atoms with E-state index in [1.165, 1.54) is 6.42 Å². The minimum Gasteiger partial charge on any atom is -0.338 e. The van der Waals surface area contributed by atoms with Gasteiger partial charge in [-0.2, -0.15) is 16.7 Å². The number of nitrogens with zero attached hydrogens (tertiary/aromatic N) is 2. The van der Waals surface area contributed by atoms with Gasteiger partial charge in [-0.3, -0.25) is 0 Å². The quantitative estimate of drug-likeness (QED) is 0.896. The van der Waals surface area contributed by atoms with Gasteiger partial charge in [0.1, 0.15) is 0 Å². The molecule has 1 aliphatic rings. The van der Waals surface area contributed by atoms with E-state index in [0.717, 1.165) is 36.4 Å². The fourth-order valence-corrected chi connectivity index (χ4v) is 2.60. The molecule has 2 rings (SSSR count). The zero-order valence-corrected chi connectivity index (χ0v) is 11.6. The molecule has 2 unspecified atom stereocenters. The zero-order valence-electron chi connectivity index (χ0n) is 10.8. The van der Waals surface area contributed by atoms with Crippen molar-refractivity contribution in [3.63, 3.8) is 0 Å². The molecule has 5 heteroatoms. The van der Waals surface area contributed by atoms with Crippen molar-refractivity contribution in [3.8, 4) is 0 Å². The predicted octanol–water partition coefficient (Wildman–Crippen LogP) is 2.77. The maximum absolute atomic E-state index is 5.35. The van der Waals surface area contributed by atoms with Crippen molar-refractivity contribution in [2.24, 2.45) is 5.92 Å². The first-order valence-corrected chi connectivity index (χ1v) is 7.37. The van der Waals surface area contributed by atoms with E-state index in [2.05, 4.69) is 36.2 Å². The number of hydrogen-bond donors (Lipinski definition) is 1. The van der Waals surface area contributed by atoms with Crippen LogP contribution in [0.15, 0.2) is 4.52 Å². The molecule has 0 bridgehead atoms. The van der Waals surface area contributed by atoms with Crippen LogP contribution in [0.5, 0.6) is 0 Å². The smallest absolute Gasteiger partial charge is 0.243 e. The summed E-state index contributed by atoms with van der Waals surface area (Å²) in [5.74, 6) is 3.15. The first kappa shape index (κ1) is 12.9. The van der Waals surface area contributed by atoms with E-state index in [1.54, 1.807) is 0 Å². The molecule has 1 aliphatic heterocycles. The third-order valence-electron chi connectivity index (χ3n) is 2.99. The van der Waals surface area contributed by atoms with E-state index in [9.17, 15) is 0 Å². The fraction of sp³-hybridized carbons (Fsp3) is 0.833. The van der Waals surface area contributed by atoms with Crippen LogP contribution < -0.4 is 5.32 Å². The van der Waals surface area contributed by atoms with E-state index >= 15 is 0 Å². The number of rotatable bonds is 4. The summed E-state index contributed by atoms with van der Waals surface area (Å²) in [6.45, 7) is 7.68. The number of aromatic nitrogens is 2. The van der Waals surface area contributed by atoms with E-state index in [4.69, 9.17) is 4.52 Å². The lowest BCUT2D eigenvalue weighted by atomic mass is 9.94. The van der Waals surface area contributed by atoms with E-state index in [0.29, 0.717) is 5.25 Å². The van der Waals surface area contributed by atoms with Crippen molar-refractivity contribution in [3.05, 3.63) is 11.7 Å². The summed E-state index contributed by atoms with van der Waals surface area (Å²) in [7, 11) is 0. The van der Waals surface area contributed by atoms with Crippen LogP contribution in [0, 0.1) is 5.92 Å². The van der Waals surface area contributed by atoms with Gasteiger partial charge in [0.05, 0.1) is 11.8 Å². The van der Waals surface area contributed by atoms with Crippen LogP contribution >= 0.6 is 11.8 Å². The molecule has 1 fully saturated rings. The van der Waals surface area contributed by atoms with Crippen molar-refractivity contribution < 1.29 is 4.52 Å². The third-order valence-corrected chi connectivity index (χ3v) is 4.09. The highest BCUT2D eigenvalue weighted by Crippen LogP contribution is 2.26. The Morgan fingerprint density at radius 3 is 3.06 bits per heavy atom. The number of thioether (sulfide) groups is 1. The Kier molecular flexibility index (Phi) is 4.45. The topological polar surface area (TPSA) is 51.0 Å². The predicted molar refractivity (Wildman–Crippen MR) is 69.9 cm³/mol. The van der Waals surface area contributed by atoms with Crippen LogP contribution in [0.25, 0.3) is 0 Å². The van der Waals surface area contributed by atoms with Gasteiger partial charge in [-0.15, -0.1) is 0 Å². The van der Waals surface area contributed by atoms with Crippen LogP contribution in [-0.4, -0.2) is 21.9 Å². The lowest BCUT2D eigenvalue weighted by molar-refractivity contribution is 0.259. The molecule has 17 heavy (non-hydrogen) atoms. The second-order valence-electron chi connectivity index (χ2n) is 5.04. The monoisotopic (exact) mass is 255 g/mol. The molecule has 0 radical (unpaired) electrons. The van der Waals surface area contributed by atoms with E-state index < -0.39 is 0 Å². The number of hydrogen-bond acceptors (Lipinski definition) is 5. The molecule has 1 saturated heterocycles. The third kappa shape index (κ3) is 3.71. The van der Waals surface area contributed by atoms with Gasteiger partial charge in [0.15, 0.2) is 5.82 Å².